The number of hydrogen-bond acceptors (Lipinski definition) is 4. The second-order valence-corrected chi connectivity index (χ2v) is 7.72. The van der Waals surface area contributed by atoms with E-state index in [1.165, 1.54) is 10.3 Å². The first kappa shape index (κ1) is 13.8. The zero-order valence-corrected chi connectivity index (χ0v) is 13.4. The molecule has 1 amide bonds. The molecular weight excluding hydrogens is 312 g/mol. The molecule has 2 heterocycles. The van der Waals surface area contributed by atoms with E-state index in [1.54, 1.807) is 23.1 Å². The number of fused-ring (bicyclic) bond motifs is 2. The summed E-state index contributed by atoms with van der Waals surface area (Å²) in [6.07, 6.45) is 1.75. The minimum atomic E-state index is -0.0898. The van der Waals surface area contributed by atoms with Gasteiger partial charge in [0, 0.05) is 5.69 Å². The predicted molar refractivity (Wildman–Crippen MR) is 92.7 cm³/mol. The van der Waals surface area contributed by atoms with Crippen LogP contribution in [-0.2, 0) is 11.2 Å². The molecule has 0 fully saturated rings. The lowest BCUT2D eigenvalue weighted by molar-refractivity contribution is -0.115. The lowest BCUT2D eigenvalue weighted by Crippen LogP contribution is -2.23. The van der Waals surface area contributed by atoms with E-state index in [0.717, 1.165) is 28.4 Å². The summed E-state index contributed by atoms with van der Waals surface area (Å²) in [4.78, 5) is 17.1. The van der Waals surface area contributed by atoms with Crippen molar-refractivity contribution in [2.75, 3.05) is 5.32 Å². The number of nitrogens with zero attached hydrogens (tertiary/aromatic N) is 1. The number of aromatic nitrogens is 1. The monoisotopic (exact) mass is 326 g/mol. The van der Waals surface area contributed by atoms with E-state index in [-0.39, 0.29) is 11.2 Å². The molecule has 4 rings (SSSR count). The van der Waals surface area contributed by atoms with E-state index < -0.39 is 0 Å². The fourth-order valence-electron chi connectivity index (χ4n) is 2.63. The first-order valence-electron chi connectivity index (χ1n) is 7.20. The number of aryl methyl sites for hydroxylation is 1. The molecule has 2 aromatic carbocycles. The Kier molecular flexibility index (Phi) is 3.60. The molecule has 1 atom stereocenters. The minimum absolute atomic E-state index is 0.0780. The van der Waals surface area contributed by atoms with Gasteiger partial charge < -0.3 is 5.32 Å². The van der Waals surface area contributed by atoms with Gasteiger partial charge in [0.15, 0.2) is 4.34 Å². The highest BCUT2D eigenvalue weighted by molar-refractivity contribution is 8.02. The first-order valence-corrected chi connectivity index (χ1v) is 8.90. The number of para-hydroxylation sites is 2. The molecule has 0 bridgehead atoms. The van der Waals surface area contributed by atoms with Crippen LogP contribution < -0.4 is 5.32 Å². The lowest BCUT2D eigenvalue weighted by Gasteiger charge is -2.10. The van der Waals surface area contributed by atoms with Crippen molar-refractivity contribution in [2.24, 2.45) is 0 Å². The molecule has 0 unspecified atom stereocenters. The standard InChI is InChI=1S/C17H14N2OS2/c20-16-15(10-9-11-5-1-2-6-12(11)18-16)22-17-19-13-7-3-4-8-14(13)21-17/h1-8,15H,9-10H2,(H,18,20)/t15-/m0/s1. The second kappa shape index (κ2) is 5.74. The normalized spacial score (nSPS) is 17.8. The molecule has 110 valence electrons. The van der Waals surface area contributed by atoms with Crippen LogP contribution in [0.4, 0.5) is 5.69 Å². The van der Waals surface area contributed by atoms with Crippen molar-refractivity contribution in [2.45, 2.75) is 22.4 Å². The molecular formula is C17H14N2OS2. The molecule has 0 aliphatic carbocycles. The number of anilines is 1. The predicted octanol–water partition coefficient (Wildman–Crippen LogP) is 4.34. The summed E-state index contributed by atoms with van der Waals surface area (Å²) >= 11 is 3.23. The third-order valence-corrected chi connectivity index (χ3v) is 6.16. The maximum absolute atomic E-state index is 12.4. The first-order chi connectivity index (χ1) is 10.8. The van der Waals surface area contributed by atoms with Gasteiger partial charge in [0.25, 0.3) is 0 Å². The topological polar surface area (TPSA) is 42.0 Å². The fourth-order valence-corrected chi connectivity index (χ4v) is 4.93. The maximum Gasteiger partial charge on any atom is 0.237 e. The van der Waals surface area contributed by atoms with E-state index in [0.29, 0.717) is 0 Å². The van der Waals surface area contributed by atoms with Crippen LogP contribution in [0.25, 0.3) is 10.2 Å². The minimum Gasteiger partial charge on any atom is -0.325 e. The summed E-state index contributed by atoms with van der Waals surface area (Å²) in [5.41, 5.74) is 3.16. The summed E-state index contributed by atoms with van der Waals surface area (Å²) in [7, 11) is 0. The van der Waals surface area contributed by atoms with E-state index in [1.807, 2.05) is 36.4 Å². The van der Waals surface area contributed by atoms with Crippen LogP contribution in [0.2, 0.25) is 0 Å². The molecule has 3 aromatic rings. The maximum atomic E-state index is 12.4. The van der Waals surface area contributed by atoms with Gasteiger partial charge >= 0.3 is 0 Å². The third kappa shape index (κ3) is 2.62. The van der Waals surface area contributed by atoms with E-state index in [9.17, 15) is 4.79 Å². The Labute approximate surface area is 136 Å². The van der Waals surface area contributed by atoms with E-state index in [4.69, 9.17) is 0 Å². The number of rotatable bonds is 2. The van der Waals surface area contributed by atoms with Crippen LogP contribution in [0.15, 0.2) is 52.9 Å². The molecule has 0 saturated carbocycles. The zero-order valence-electron chi connectivity index (χ0n) is 11.8. The quantitative estimate of drug-likeness (QED) is 0.761. The summed E-state index contributed by atoms with van der Waals surface area (Å²) < 4.78 is 2.13. The van der Waals surface area contributed by atoms with Crippen LogP contribution >= 0.6 is 23.1 Å². The highest BCUT2D eigenvalue weighted by atomic mass is 32.2. The highest BCUT2D eigenvalue weighted by Crippen LogP contribution is 2.35. The Hall–Kier alpha value is -1.85. The van der Waals surface area contributed by atoms with Gasteiger partial charge in [0.05, 0.1) is 15.5 Å². The number of amides is 1. The van der Waals surface area contributed by atoms with E-state index in [2.05, 4.69) is 22.4 Å². The molecule has 0 spiro atoms. The zero-order chi connectivity index (χ0) is 14.9. The van der Waals surface area contributed by atoms with Gasteiger partial charge in [0.2, 0.25) is 5.91 Å². The third-order valence-electron chi connectivity index (χ3n) is 3.76. The van der Waals surface area contributed by atoms with Crippen molar-refractivity contribution in [3.05, 3.63) is 54.1 Å². The Morgan fingerprint density at radius 2 is 1.95 bits per heavy atom. The summed E-state index contributed by atoms with van der Waals surface area (Å²) in [6, 6.07) is 16.1. The molecule has 0 radical (unpaired) electrons. The van der Waals surface area contributed by atoms with Crippen molar-refractivity contribution in [1.29, 1.82) is 0 Å². The molecule has 5 heteroatoms. The summed E-state index contributed by atoms with van der Waals surface area (Å²) in [6.45, 7) is 0. The SMILES string of the molecule is O=C1Nc2ccccc2CC[C@@H]1Sc1nc2ccccc2s1. The number of thioether (sulfide) groups is 1. The average Bonchev–Trinajstić information content (AvgIpc) is 2.87. The number of carbonyl (C=O) groups excluding carboxylic acids is 1. The Balaban J connectivity index is 1.57. The van der Waals surface area contributed by atoms with Crippen LogP contribution in [-0.4, -0.2) is 16.1 Å². The summed E-state index contributed by atoms with van der Waals surface area (Å²) in [5.74, 6) is 0.0780. The molecule has 1 aliphatic rings. The molecule has 1 aromatic heterocycles. The van der Waals surface area contributed by atoms with Gasteiger partial charge in [-0.05, 0) is 36.6 Å². The summed E-state index contributed by atoms with van der Waals surface area (Å²) in [5, 5.41) is 2.95. The van der Waals surface area contributed by atoms with Crippen LogP contribution in [0.3, 0.4) is 0 Å². The second-order valence-electron chi connectivity index (χ2n) is 5.24. The smallest absolute Gasteiger partial charge is 0.237 e. The average molecular weight is 326 g/mol. The van der Waals surface area contributed by atoms with Gasteiger partial charge in [-0.3, -0.25) is 4.79 Å². The van der Waals surface area contributed by atoms with Gasteiger partial charge in [0.1, 0.15) is 0 Å². The van der Waals surface area contributed by atoms with E-state index >= 15 is 0 Å². The number of nitrogens with one attached hydrogen (secondary N) is 1. The van der Waals surface area contributed by atoms with Gasteiger partial charge in [-0.2, -0.15) is 0 Å². The number of thiazole rings is 1. The lowest BCUT2D eigenvalue weighted by atomic mass is 10.1. The van der Waals surface area contributed by atoms with Crippen molar-refractivity contribution in [3.63, 3.8) is 0 Å². The van der Waals surface area contributed by atoms with Crippen LogP contribution in [0.1, 0.15) is 12.0 Å². The van der Waals surface area contributed by atoms with Crippen molar-refractivity contribution < 1.29 is 4.79 Å². The molecule has 0 saturated heterocycles. The highest BCUT2D eigenvalue weighted by Gasteiger charge is 2.25. The Bertz CT molecular complexity index is 810. The Morgan fingerprint density at radius 3 is 2.86 bits per heavy atom. The molecule has 3 nitrogen and oxygen atoms in total. The van der Waals surface area contributed by atoms with Crippen molar-refractivity contribution in [3.8, 4) is 0 Å². The molecule has 1 aliphatic heterocycles. The van der Waals surface area contributed by atoms with Crippen LogP contribution in [0, 0.1) is 0 Å². The number of hydrogen-bond donors (Lipinski definition) is 1. The fraction of sp³-hybridized carbons (Fsp3) is 0.176. The molecule has 22 heavy (non-hydrogen) atoms. The van der Waals surface area contributed by atoms with Gasteiger partial charge in [-0.1, -0.05) is 42.1 Å². The van der Waals surface area contributed by atoms with Gasteiger partial charge in [-0.15, -0.1) is 11.3 Å². The van der Waals surface area contributed by atoms with Crippen LogP contribution in [0.5, 0.6) is 0 Å². The van der Waals surface area contributed by atoms with Crippen molar-refractivity contribution in [1.82, 2.24) is 4.98 Å². The Morgan fingerprint density at radius 1 is 1.14 bits per heavy atom. The number of benzene rings is 2. The number of carbonyl (C=O) groups is 1. The molecule has 1 N–H and O–H groups in total. The largest absolute Gasteiger partial charge is 0.325 e. The van der Waals surface area contributed by atoms with Crippen molar-refractivity contribution >= 4 is 44.9 Å². The van der Waals surface area contributed by atoms with Gasteiger partial charge in [-0.25, -0.2) is 4.98 Å².